The van der Waals surface area contributed by atoms with Crippen molar-refractivity contribution in [3.63, 3.8) is 0 Å². The molecule has 186 valence electrons. The van der Waals surface area contributed by atoms with Crippen LogP contribution in [0.3, 0.4) is 0 Å². The summed E-state index contributed by atoms with van der Waals surface area (Å²) in [6.45, 7) is 4.84. The largest absolute Gasteiger partial charge is 0.495 e. The standard InChI is InChI=1S/C24H32ClN3O5S/c1-32-23-9-8-21(16-22(23)25)28(34(2,30)31)10-4-7-24(29)26-17-19-5-3-6-20(15-19)18-27-11-13-33-14-12-27/h3,5-6,8-9,15-16H,4,7,10-14,17-18H2,1-2H3,(H,26,29). The number of anilines is 1. The van der Waals surface area contributed by atoms with Crippen LogP contribution in [-0.2, 0) is 32.6 Å². The molecule has 0 atom stereocenters. The highest BCUT2D eigenvalue weighted by atomic mass is 35.5. The minimum absolute atomic E-state index is 0.125. The predicted molar refractivity (Wildman–Crippen MR) is 134 cm³/mol. The van der Waals surface area contributed by atoms with Crippen molar-refractivity contribution in [2.45, 2.75) is 25.9 Å². The molecular weight excluding hydrogens is 478 g/mol. The van der Waals surface area contributed by atoms with E-state index in [4.69, 9.17) is 21.1 Å². The maximum atomic E-state index is 12.4. The second kappa shape index (κ2) is 12.4. The van der Waals surface area contributed by atoms with Crippen LogP contribution in [0.1, 0.15) is 24.0 Å². The molecule has 8 nitrogen and oxygen atoms in total. The lowest BCUT2D eigenvalue weighted by atomic mass is 10.1. The molecule has 1 heterocycles. The first-order valence-electron chi connectivity index (χ1n) is 11.2. The number of carbonyl (C=O) groups is 1. The second-order valence-electron chi connectivity index (χ2n) is 8.24. The van der Waals surface area contributed by atoms with Gasteiger partial charge in [-0.15, -0.1) is 0 Å². The Labute approximate surface area is 206 Å². The van der Waals surface area contributed by atoms with E-state index < -0.39 is 10.0 Å². The van der Waals surface area contributed by atoms with Crippen molar-refractivity contribution in [2.75, 3.05) is 50.5 Å². The Hall–Kier alpha value is -2.33. The fourth-order valence-corrected chi connectivity index (χ4v) is 5.03. The van der Waals surface area contributed by atoms with E-state index in [2.05, 4.69) is 22.3 Å². The van der Waals surface area contributed by atoms with Gasteiger partial charge in [0.2, 0.25) is 15.9 Å². The first-order chi connectivity index (χ1) is 16.3. The number of ether oxygens (including phenoxy) is 2. The number of halogens is 1. The quantitative estimate of drug-likeness (QED) is 0.501. The number of hydrogen-bond donors (Lipinski definition) is 1. The van der Waals surface area contributed by atoms with Gasteiger partial charge in [0.25, 0.3) is 0 Å². The summed E-state index contributed by atoms with van der Waals surface area (Å²) in [5, 5.41) is 3.25. The van der Waals surface area contributed by atoms with Crippen LogP contribution in [0.4, 0.5) is 5.69 Å². The zero-order valence-electron chi connectivity index (χ0n) is 19.6. The molecule has 1 aliphatic heterocycles. The zero-order valence-corrected chi connectivity index (χ0v) is 21.2. The third-order valence-corrected chi connectivity index (χ3v) is 7.07. The zero-order chi connectivity index (χ0) is 24.6. The Bertz CT molecular complexity index is 1070. The summed E-state index contributed by atoms with van der Waals surface area (Å²) in [7, 11) is -2.04. The molecule has 1 amide bonds. The Morgan fingerprint density at radius 2 is 1.91 bits per heavy atom. The normalized spacial score (nSPS) is 14.6. The van der Waals surface area contributed by atoms with Crippen LogP contribution in [0, 0.1) is 0 Å². The highest BCUT2D eigenvalue weighted by molar-refractivity contribution is 7.92. The SMILES string of the molecule is COc1ccc(N(CCCC(=O)NCc2cccc(CN3CCOCC3)c2)S(C)(=O)=O)cc1Cl. The predicted octanol–water partition coefficient (Wildman–Crippen LogP) is 3.04. The summed E-state index contributed by atoms with van der Waals surface area (Å²) in [5.41, 5.74) is 2.67. The van der Waals surface area contributed by atoms with Gasteiger partial charge in [0, 0.05) is 39.1 Å². The van der Waals surface area contributed by atoms with E-state index >= 15 is 0 Å². The summed E-state index contributed by atoms with van der Waals surface area (Å²) in [6.07, 6.45) is 1.72. The van der Waals surface area contributed by atoms with Crippen LogP contribution in [-0.4, -0.2) is 65.4 Å². The van der Waals surface area contributed by atoms with Crippen LogP contribution in [0.25, 0.3) is 0 Å². The summed E-state index contributed by atoms with van der Waals surface area (Å²) in [6, 6.07) is 13.0. The van der Waals surface area contributed by atoms with E-state index in [9.17, 15) is 13.2 Å². The molecule has 0 radical (unpaired) electrons. The van der Waals surface area contributed by atoms with Gasteiger partial charge in [-0.2, -0.15) is 0 Å². The molecule has 2 aromatic rings. The minimum atomic E-state index is -3.53. The summed E-state index contributed by atoms with van der Waals surface area (Å²) >= 11 is 6.15. The van der Waals surface area contributed by atoms with Gasteiger partial charge in [0.1, 0.15) is 5.75 Å². The lowest BCUT2D eigenvalue weighted by Gasteiger charge is -2.26. The van der Waals surface area contributed by atoms with Gasteiger partial charge in [-0.05, 0) is 35.7 Å². The molecule has 1 saturated heterocycles. The highest BCUT2D eigenvalue weighted by Crippen LogP contribution is 2.30. The maximum absolute atomic E-state index is 12.4. The second-order valence-corrected chi connectivity index (χ2v) is 10.6. The molecule has 1 fully saturated rings. The fraction of sp³-hybridized carbons (Fsp3) is 0.458. The number of rotatable bonds is 11. The summed E-state index contributed by atoms with van der Waals surface area (Å²) < 4.78 is 36.4. The lowest BCUT2D eigenvalue weighted by molar-refractivity contribution is -0.121. The monoisotopic (exact) mass is 509 g/mol. The van der Waals surface area contributed by atoms with E-state index in [-0.39, 0.29) is 18.9 Å². The highest BCUT2D eigenvalue weighted by Gasteiger charge is 2.19. The number of nitrogens with zero attached hydrogens (tertiary/aromatic N) is 2. The van der Waals surface area contributed by atoms with Gasteiger partial charge in [0.05, 0.1) is 37.3 Å². The van der Waals surface area contributed by atoms with Crippen molar-refractivity contribution in [2.24, 2.45) is 0 Å². The Balaban J connectivity index is 1.49. The number of morpholine rings is 1. The van der Waals surface area contributed by atoms with E-state index in [1.807, 2.05) is 12.1 Å². The van der Waals surface area contributed by atoms with Gasteiger partial charge < -0.3 is 14.8 Å². The number of carbonyl (C=O) groups excluding carboxylic acids is 1. The van der Waals surface area contributed by atoms with Crippen LogP contribution in [0.15, 0.2) is 42.5 Å². The molecule has 3 rings (SSSR count). The van der Waals surface area contributed by atoms with Crippen molar-refractivity contribution in [1.82, 2.24) is 10.2 Å². The molecule has 0 saturated carbocycles. The van der Waals surface area contributed by atoms with Gasteiger partial charge in [-0.1, -0.05) is 35.9 Å². The Kier molecular flexibility index (Phi) is 9.58. The molecule has 0 aromatic heterocycles. The van der Waals surface area contributed by atoms with Crippen LogP contribution in [0.5, 0.6) is 5.75 Å². The van der Waals surface area contributed by atoms with E-state index in [1.165, 1.54) is 17.0 Å². The number of methoxy groups -OCH3 is 1. The molecule has 1 aliphatic rings. The third-order valence-electron chi connectivity index (χ3n) is 5.58. The number of benzene rings is 2. The lowest BCUT2D eigenvalue weighted by Crippen LogP contribution is -2.35. The van der Waals surface area contributed by atoms with Gasteiger partial charge in [0.15, 0.2) is 0 Å². The van der Waals surface area contributed by atoms with Gasteiger partial charge >= 0.3 is 0 Å². The Morgan fingerprint density at radius 1 is 1.18 bits per heavy atom. The molecular formula is C24H32ClN3O5S. The molecule has 0 spiro atoms. The number of nitrogens with one attached hydrogen (secondary N) is 1. The molecule has 0 bridgehead atoms. The van der Waals surface area contributed by atoms with Crippen molar-refractivity contribution >= 4 is 33.2 Å². The van der Waals surface area contributed by atoms with E-state index in [1.54, 1.807) is 18.2 Å². The van der Waals surface area contributed by atoms with Crippen molar-refractivity contribution in [1.29, 1.82) is 0 Å². The number of hydrogen-bond acceptors (Lipinski definition) is 6. The molecule has 1 N–H and O–H groups in total. The van der Waals surface area contributed by atoms with Crippen molar-refractivity contribution in [3.8, 4) is 5.75 Å². The topological polar surface area (TPSA) is 88.2 Å². The number of sulfonamides is 1. The molecule has 0 unspecified atom stereocenters. The smallest absolute Gasteiger partial charge is 0.232 e. The van der Waals surface area contributed by atoms with Gasteiger partial charge in [-0.3, -0.25) is 14.0 Å². The van der Waals surface area contributed by atoms with Crippen LogP contribution < -0.4 is 14.4 Å². The van der Waals surface area contributed by atoms with E-state index in [0.29, 0.717) is 29.4 Å². The first kappa shape index (κ1) is 26.3. The third kappa shape index (κ3) is 7.87. The average Bonchev–Trinajstić information content (AvgIpc) is 2.80. The summed E-state index contributed by atoms with van der Waals surface area (Å²) in [5.74, 6) is 0.340. The van der Waals surface area contributed by atoms with Crippen molar-refractivity contribution in [3.05, 3.63) is 58.6 Å². The molecule has 10 heteroatoms. The average molecular weight is 510 g/mol. The van der Waals surface area contributed by atoms with Crippen LogP contribution in [0.2, 0.25) is 5.02 Å². The minimum Gasteiger partial charge on any atom is -0.495 e. The molecule has 0 aliphatic carbocycles. The Morgan fingerprint density at radius 3 is 2.59 bits per heavy atom. The maximum Gasteiger partial charge on any atom is 0.232 e. The van der Waals surface area contributed by atoms with E-state index in [0.717, 1.165) is 44.7 Å². The molecule has 34 heavy (non-hydrogen) atoms. The van der Waals surface area contributed by atoms with Gasteiger partial charge in [-0.25, -0.2) is 8.42 Å². The number of amides is 1. The van der Waals surface area contributed by atoms with Crippen LogP contribution >= 0.6 is 11.6 Å². The van der Waals surface area contributed by atoms with Crippen molar-refractivity contribution < 1.29 is 22.7 Å². The fourth-order valence-electron chi connectivity index (χ4n) is 3.82. The molecule has 2 aromatic carbocycles. The summed E-state index contributed by atoms with van der Waals surface area (Å²) in [4.78, 5) is 14.7. The first-order valence-corrected chi connectivity index (χ1v) is 13.4.